The van der Waals surface area contributed by atoms with Crippen LogP contribution in [0.2, 0.25) is 0 Å². The number of rotatable bonds is 6. The highest BCUT2D eigenvalue weighted by Gasteiger charge is 2.05. The molecule has 0 spiro atoms. The molecule has 2 aromatic carbocycles. The van der Waals surface area contributed by atoms with Gasteiger partial charge in [0, 0.05) is 29.2 Å². The Morgan fingerprint density at radius 3 is 2.08 bits per heavy atom. The van der Waals surface area contributed by atoms with Gasteiger partial charge in [-0.05, 0) is 23.8 Å². The second-order valence-electron chi connectivity index (χ2n) is 5.02. The van der Waals surface area contributed by atoms with Crippen LogP contribution in [0, 0.1) is 0 Å². The second kappa shape index (κ2) is 11.1. The number of carboxylic acids is 2. The summed E-state index contributed by atoms with van der Waals surface area (Å²) < 4.78 is 11.7. The first-order chi connectivity index (χ1) is 12.4. The summed E-state index contributed by atoms with van der Waals surface area (Å²) in [7, 11) is 3.33. The number of benzene rings is 2. The fourth-order valence-electron chi connectivity index (χ4n) is 1.94. The van der Waals surface area contributed by atoms with E-state index in [1.54, 1.807) is 14.2 Å². The Hall–Kier alpha value is -2.58. The van der Waals surface area contributed by atoms with Gasteiger partial charge in [-0.15, -0.1) is 0 Å². The molecule has 0 aliphatic rings. The number of carbonyl (C=O) groups is 2. The summed E-state index contributed by atoms with van der Waals surface area (Å²) in [6, 6.07) is 14.2. The largest absolute Gasteiger partial charge is 0.497 e. The van der Waals surface area contributed by atoms with E-state index in [1.807, 2.05) is 30.3 Å². The Labute approximate surface area is 159 Å². The van der Waals surface area contributed by atoms with Crippen LogP contribution in [0.15, 0.2) is 46.9 Å². The van der Waals surface area contributed by atoms with Crippen molar-refractivity contribution in [2.24, 2.45) is 0 Å². The molecule has 0 atom stereocenters. The molecule has 0 aromatic heterocycles. The van der Waals surface area contributed by atoms with Crippen LogP contribution in [0.5, 0.6) is 11.5 Å². The van der Waals surface area contributed by atoms with E-state index in [9.17, 15) is 0 Å². The maximum Gasteiger partial charge on any atom is 0.414 e. The number of ether oxygens (including phenoxy) is 2. The number of hydrogen-bond acceptors (Lipinski definition) is 5. The Morgan fingerprint density at radius 2 is 1.58 bits per heavy atom. The minimum absolute atomic E-state index is 0.753. The second-order valence-corrected chi connectivity index (χ2v) is 5.93. The fraction of sp³-hybridized carbons (Fsp3) is 0.222. The zero-order chi connectivity index (χ0) is 19.5. The van der Waals surface area contributed by atoms with E-state index in [4.69, 9.17) is 29.3 Å². The molecule has 0 unspecified atom stereocenters. The van der Waals surface area contributed by atoms with Crippen LogP contribution in [0.1, 0.15) is 11.1 Å². The molecule has 0 aliphatic carbocycles. The van der Waals surface area contributed by atoms with E-state index in [0.29, 0.717) is 0 Å². The normalized spacial score (nSPS) is 9.65. The average molecular weight is 426 g/mol. The number of aliphatic carboxylic acids is 2. The highest BCUT2D eigenvalue weighted by Crippen LogP contribution is 2.24. The molecule has 2 rings (SSSR count). The smallest absolute Gasteiger partial charge is 0.414 e. The van der Waals surface area contributed by atoms with Crippen LogP contribution in [-0.2, 0) is 22.7 Å². The third-order valence-corrected chi connectivity index (χ3v) is 3.76. The molecule has 3 N–H and O–H groups in total. The highest BCUT2D eigenvalue weighted by molar-refractivity contribution is 9.10. The summed E-state index contributed by atoms with van der Waals surface area (Å²) >= 11 is 3.43. The highest BCUT2D eigenvalue weighted by atomic mass is 79.9. The van der Waals surface area contributed by atoms with Crippen LogP contribution < -0.4 is 14.8 Å². The van der Waals surface area contributed by atoms with Gasteiger partial charge in [0.2, 0.25) is 0 Å². The van der Waals surface area contributed by atoms with Gasteiger partial charge in [-0.2, -0.15) is 0 Å². The van der Waals surface area contributed by atoms with Gasteiger partial charge in [0.1, 0.15) is 11.5 Å². The number of halogens is 1. The zero-order valence-corrected chi connectivity index (χ0v) is 15.9. The molecular formula is C18H20BrNO6. The summed E-state index contributed by atoms with van der Waals surface area (Å²) in [6.07, 6.45) is 0. The van der Waals surface area contributed by atoms with Gasteiger partial charge in [-0.25, -0.2) is 9.59 Å². The molecule has 0 heterocycles. The first-order valence-corrected chi connectivity index (χ1v) is 8.29. The maximum absolute atomic E-state index is 9.10. The van der Waals surface area contributed by atoms with Gasteiger partial charge < -0.3 is 25.0 Å². The molecule has 8 heteroatoms. The molecule has 0 fully saturated rings. The lowest BCUT2D eigenvalue weighted by Gasteiger charge is -2.11. The van der Waals surface area contributed by atoms with Crippen molar-refractivity contribution in [1.82, 2.24) is 5.32 Å². The van der Waals surface area contributed by atoms with E-state index < -0.39 is 11.9 Å². The van der Waals surface area contributed by atoms with Gasteiger partial charge in [-0.1, -0.05) is 34.1 Å². The summed E-state index contributed by atoms with van der Waals surface area (Å²) in [5.74, 6) is -2.00. The third kappa shape index (κ3) is 7.54. The minimum atomic E-state index is -1.82. The van der Waals surface area contributed by atoms with Crippen molar-refractivity contribution < 1.29 is 29.3 Å². The fourth-order valence-corrected chi connectivity index (χ4v) is 2.21. The van der Waals surface area contributed by atoms with E-state index >= 15 is 0 Å². The molecule has 0 amide bonds. The number of hydrogen-bond donors (Lipinski definition) is 3. The number of carboxylic acid groups (broad SMARTS) is 2. The molecule has 0 radical (unpaired) electrons. The van der Waals surface area contributed by atoms with Crippen LogP contribution in [-0.4, -0.2) is 36.4 Å². The third-order valence-electron chi connectivity index (χ3n) is 3.24. The van der Waals surface area contributed by atoms with Crippen molar-refractivity contribution in [3.05, 3.63) is 58.1 Å². The molecule has 26 heavy (non-hydrogen) atoms. The maximum atomic E-state index is 9.10. The number of nitrogens with one attached hydrogen (secondary N) is 1. The predicted octanol–water partition coefficient (Wildman–Crippen LogP) is 2.91. The van der Waals surface area contributed by atoms with Gasteiger partial charge in [0.05, 0.1) is 14.2 Å². The van der Waals surface area contributed by atoms with E-state index in [1.165, 1.54) is 5.56 Å². The van der Waals surface area contributed by atoms with Gasteiger partial charge in [0.25, 0.3) is 0 Å². The molecule has 140 valence electrons. The molecule has 0 aliphatic heterocycles. The van der Waals surface area contributed by atoms with Crippen molar-refractivity contribution in [2.45, 2.75) is 13.1 Å². The van der Waals surface area contributed by atoms with Crippen molar-refractivity contribution in [2.75, 3.05) is 14.2 Å². The molecule has 2 aromatic rings. The summed E-state index contributed by atoms with van der Waals surface area (Å²) in [4.78, 5) is 18.2. The summed E-state index contributed by atoms with van der Waals surface area (Å²) in [5.41, 5.74) is 2.37. The van der Waals surface area contributed by atoms with Gasteiger partial charge >= 0.3 is 11.9 Å². The molecule has 0 bridgehead atoms. The zero-order valence-electron chi connectivity index (χ0n) is 14.4. The topological polar surface area (TPSA) is 105 Å². The Kier molecular flexibility index (Phi) is 9.18. The molecule has 0 saturated carbocycles. The van der Waals surface area contributed by atoms with Gasteiger partial charge in [-0.3, -0.25) is 0 Å². The minimum Gasteiger partial charge on any atom is -0.497 e. The van der Waals surface area contributed by atoms with Crippen LogP contribution >= 0.6 is 15.9 Å². The van der Waals surface area contributed by atoms with Crippen molar-refractivity contribution in [3.8, 4) is 11.5 Å². The lowest BCUT2D eigenvalue weighted by Crippen LogP contribution is -2.13. The lowest BCUT2D eigenvalue weighted by molar-refractivity contribution is -0.159. The standard InChI is InChI=1S/C16H18BrNO2.C2H2O4/c1-19-15-8-5-13(16(9-15)20-2)11-18-10-12-3-6-14(17)7-4-12;3-1(4)2(5)6/h3-9,18H,10-11H2,1-2H3;(H,3,4)(H,5,6). The Morgan fingerprint density at radius 1 is 0.962 bits per heavy atom. The average Bonchev–Trinajstić information content (AvgIpc) is 2.64. The Balaban J connectivity index is 0.000000487. The molecule has 7 nitrogen and oxygen atoms in total. The summed E-state index contributed by atoms with van der Waals surface area (Å²) in [5, 5.41) is 18.2. The van der Waals surface area contributed by atoms with Crippen molar-refractivity contribution in [1.29, 1.82) is 0 Å². The van der Waals surface area contributed by atoms with Crippen LogP contribution in [0.3, 0.4) is 0 Å². The van der Waals surface area contributed by atoms with E-state index in [-0.39, 0.29) is 0 Å². The SMILES string of the molecule is COc1ccc(CNCc2ccc(Br)cc2)c(OC)c1.O=C(O)C(=O)O. The van der Waals surface area contributed by atoms with Crippen LogP contribution in [0.25, 0.3) is 0 Å². The predicted molar refractivity (Wildman–Crippen MR) is 99.5 cm³/mol. The molecule has 0 saturated heterocycles. The van der Waals surface area contributed by atoms with Crippen molar-refractivity contribution >= 4 is 27.9 Å². The number of methoxy groups -OCH3 is 2. The first-order valence-electron chi connectivity index (χ1n) is 7.49. The van der Waals surface area contributed by atoms with Crippen molar-refractivity contribution in [3.63, 3.8) is 0 Å². The quantitative estimate of drug-likeness (QED) is 0.610. The van der Waals surface area contributed by atoms with E-state index in [2.05, 4.69) is 33.4 Å². The lowest BCUT2D eigenvalue weighted by atomic mass is 10.1. The van der Waals surface area contributed by atoms with E-state index in [0.717, 1.165) is 34.6 Å². The Bertz CT molecular complexity index is 721. The summed E-state index contributed by atoms with van der Waals surface area (Å²) in [6.45, 7) is 1.58. The first kappa shape index (κ1) is 21.5. The monoisotopic (exact) mass is 425 g/mol. The molecular weight excluding hydrogens is 406 g/mol. The van der Waals surface area contributed by atoms with Gasteiger partial charge in [0.15, 0.2) is 0 Å². The van der Waals surface area contributed by atoms with Crippen LogP contribution in [0.4, 0.5) is 0 Å².